The highest BCUT2D eigenvalue weighted by Crippen LogP contribution is 2.04. The van der Waals surface area contributed by atoms with Crippen LogP contribution in [0.5, 0.6) is 0 Å². The maximum absolute atomic E-state index is 11.0. The zero-order chi connectivity index (χ0) is 13.1. The molecule has 0 aromatic heterocycles. The predicted molar refractivity (Wildman–Crippen MR) is 72.1 cm³/mol. The van der Waals surface area contributed by atoms with Crippen LogP contribution in [0.1, 0.15) is 39.5 Å². The number of nitrogens with one attached hydrogen (secondary N) is 1. The smallest absolute Gasteiger partial charge is 0.147 e. The first kappa shape index (κ1) is 16.9. The second-order valence-electron chi connectivity index (χ2n) is 4.43. The quantitative estimate of drug-likeness (QED) is 0.577. The van der Waals surface area contributed by atoms with E-state index < -0.39 is 9.84 Å². The largest absolute Gasteiger partial charge is 0.381 e. The van der Waals surface area contributed by atoms with Gasteiger partial charge in [0.05, 0.1) is 0 Å². The lowest BCUT2D eigenvalue weighted by Gasteiger charge is -2.17. The Morgan fingerprint density at radius 3 is 2.41 bits per heavy atom. The Bertz CT molecular complexity index is 265. The molecule has 0 radical (unpaired) electrons. The van der Waals surface area contributed by atoms with Crippen LogP contribution in [0.3, 0.4) is 0 Å². The van der Waals surface area contributed by atoms with Crippen LogP contribution in [0.25, 0.3) is 0 Å². The van der Waals surface area contributed by atoms with Crippen molar-refractivity contribution in [1.29, 1.82) is 0 Å². The fraction of sp³-hybridized carbons (Fsp3) is 1.00. The second kappa shape index (κ2) is 9.85. The number of hydrogen-bond acceptors (Lipinski definition) is 4. The van der Waals surface area contributed by atoms with E-state index in [2.05, 4.69) is 19.2 Å². The Morgan fingerprint density at radius 2 is 1.88 bits per heavy atom. The molecule has 1 unspecified atom stereocenters. The summed E-state index contributed by atoms with van der Waals surface area (Å²) in [6.07, 6.45) is 4.91. The lowest BCUT2D eigenvalue weighted by Crippen LogP contribution is -2.30. The third kappa shape index (κ3) is 12.1. The summed E-state index contributed by atoms with van der Waals surface area (Å²) in [5.41, 5.74) is 0. The molecule has 0 rings (SSSR count). The van der Waals surface area contributed by atoms with Gasteiger partial charge in [-0.25, -0.2) is 8.42 Å². The molecular formula is C12H27NO3S. The van der Waals surface area contributed by atoms with E-state index in [0.717, 1.165) is 45.4 Å². The van der Waals surface area contributed by atoms with E-state index in [1.54, 1.807) is 0 Å². The summed E-state index contributed by atoms with van der Waals surface area (Å²) in [6, 6.07) is 0.374. The zero-order valence-electron chi connectivity index (χ0n) is 11.4. The lowest BCUT2D eigenvalue weighted by molar-refractivity contribution is 0.123. The van der Waals surface area contributed by atoms with Crippen LogP contribution in [-0.2, 0) is 14.6 Å². The first-order valence-corrected chi connectivity index (χ1v) is 8.54. The highest BCUT2D eigenvalue weighted by atomic mass is 32.2. The molecule has 0 spiro atoms. The molecule has 0 aromatic carbocycles. The zero-order valence-corrected chi connectivity index (χ0v) is 12.2. The maximum Gasteiger partial charge on any atom is 0.147 e. The van der Waals surface area contributed by atoms with E-state index in [1.165, 1.54) is 6.26 Å². The summed E-state index contributed by atoms with van der Waals surface area (Å²) in [5, 5.41) is 3.37. The van der Waals surface area contributed by atoms with Crippen molar-refractivity contribution in [2.75, 3.05) is 31.8 Å². The third-order valence-electron chi connectivity index (χ3n) is 2.52. The van der Waals surface area contributed by atoms with Crippen LogP contribution in [0.15, 0.2) is 0 Å². The van der Waals surface area contributed by atoms with Gasteiger partial charge in [0.15, 0.2) is 0 Å². The van der Waals surface area contributed by atoms with Crippen LogP contribution < -0.4 is 5.32 Å². The van der Waals surface area contributed by atoms with Crippen molar-refractivity contribution in [3.05, 3.63) is 0 Å². The highest BCUT2D eigenvalue weighted by Gasteiger charge is 2.09. The van der Waals surface area contributed by atoms with Gasteiger partial charge in [-0.3, -0.25) is 0 Å². The summed E-state index contributed by atoms with van der Waals surface area (Å²) >= 11 is 0. The molecule has 0 bridgehead atoms. The highest BCUT2D eigenvalue weighted by molar-refractivity contribution is 7.90. The molecule has 104 valence electrons. The lowest BCUT2D eigenvalue weighted by atomic mass is 10.1. The van der Waals surface area contributed by atoms with Gasteiger partial charge < -0.3 is 10.1 Å². The molecular weight excluding hydrogens is 238 g/mol. The van der Waals surface area contributed by atoms with Gasteiger partial charge in [0.25, 0.3) is 0 Å². The summed E-state index contributed by atoms with van der Waals surface area (Å²) < 4.78 is 27.5. The summed E-state index contributed by atoms with van der Waals surface area (Å²) in [6.45, 7) is 6.63. The standard InChI is InChI=1S/C12H27NO3S/c1-4-9-16-10-8-12(13-5-2)7-6-11-17(3,14)15/h12-13H,4-11H2,1-3H3. The molecule has 0 fully saturated rings. The van der Waals surface area contributed by atoms with Crippen molar-refractivity contribution in [2.45, 2.75) is 45.6 Å². The van der Waals surface area contributed by atoms with Crippen LogP contribution in [0.2, 0.25) is 0 Å². The van der Waals surface area contributed by atoms with E-state index in [1.807, 2.05) is 0 Å². The minimum atomic E-state index is -2.82. The molecule has 4 nitrogen and oxygen atoms in total. The van der Waals surface area contributed by atoms with Crippen LogP contribution >= 0.6 is 0 Å². The van der Waals surface area contributed by atoms with Crippen molar-refractivity contribution in [1.82, 2.24) is 5.32 Å². The van der Waals surface area contributed by atoms with E-state index in [9.17, 15) is 8.42 Å². The number of rotatable bonds is 11. The maximum atomic E-state index is 11.0. The van der Waals surface area contributed by atoms with Crippen molar-refractivity contribution in [2.24, 2.45) is 0 Å². The van der Waals surface area contributed by atoms with Gasteiger partial charge in [-0.1, -0.05) is 13.8 Å². The molecule has 5 heteroatoms. The number of hydrogen-bond donors (Lipinski definition) is 1. The molecule has 1 N–H and O–H groups in total. The first-order valence-electron chi connectivity index (χ1n) is 6.48. The second-order valence-corrected chi connectivity index (χ2v) is 6.69. The molecule has 0 saturated carbocycles. The van der Waals surface area contributed by atoms with E-state index in [0.29, 0.717) is 6.04 Å². The third-order valence-corrected chi connectivity index (χ3v) is 3.55. The van der Waals surface area contributed by atoms with Crippen molar-refractivity contribution in [3.63, 3.8) is 0 Å². The van der Waals surface area contributed by atoms with Gasteiger partial charge in [0, 0.05) is 31.3 Å². The molecule has 0 aromatic rings. The van der Waals surface area contributed by atoms with Gasteiger partial charge in [-0.05, 0) is 32.2 Å². The molecule has 0 aliphatic carbocycles. The van der Waals surface area contributed by atoms with Gasteiger partial charge in [-0.2, -0.15) is 0 Å². The minimum absolute atomic E-state index is 0.282. The molecule has 17 heavy (non-hydrogen) atoms. The van der Waals surface area contributed by atoms with Gasteiger partial charge in [-0.15, -0.1) is 0 Å². The van der Waals surface area contributed by atoms with E-state index in [-0.39, 0.29) is 5.75 Å². The molecule has 0 heterocycles. The van der Waals surface area contributed by atoms with E-state index in [4.69, 9.17) is 4.74 Å². The molecule has 0 saturated heterocycles. The molecule has 0 aliphatic rings. The summed E-state index contributed by atoms with van der Waals surface area (Å²) in [4.78, 5) is 0. The normalized spacial score (nSPS) is 13.8. The van der Waals surface area contributed by atoms with Crippen LogP contribution in [-0.4, -0.2) is 46.2 Å². The van der Waals surface area contributed by atoms with Crippen LogP contribution in [0, 0.1) is 0 Å². The van der Waals surface area contributed by atoms with Gasteiger partial charge in [0.1, 0.15) is 9.84 Å². The van der Waals surface area contributed by atoms with Crippen LogP contribution in [0.4, 0.5) is 0 Å². The fourth-order valence-electron chi connectivity index (χ4n) is 1.70. The predicted octanol–water partition coefficient (Wildman–Crippen LogP) is 1.61. The fourth-order valence-corrected chi connectivity index (χ4v) is 2.39. The summed E-state index contributed by atoms with van der Waals surface area (Å²) in [7, 11) is -2.82. The Labute approximate surface area is 106 Å². The Morgan fingerprint density at radius 1 is 1.18 bits per heavy atom. The summed E-state index contributed by atoms with van der Waals surface area (Å²) in [5.74, 6) is 0.282. The Balaban J connectivity index is 3.74. The average Bonchev–Trinajstić information content (AvgIpc) is 2.22. The van der Waals surface area contributed by atoms with Gasteiger partial charge >= 0.3 is 0 Å². The number of sulfone groups is 1. The number of ether oxygens (including phenoxy) is 1. The van der Waals surface area contributed by atoms with Gasteiger partial charge in [0.2, 0.25) is 0 Å². The average molecular weight is 265 g/mol. The minimum Gasteiger partial charge on any atom is -0.381 e. The molecule has 1 atom stereocenters. The van der Waals surface area contributed by atoms with Crippen molar-refractivity contribution < 1.29 is 13.2 Å². The molecule has 0 aliphatic heterocycles. The molecule has 0 amide bonds. The Kier molecular flexibility index (Phi) is 9.78. The monoisotopic (exact) mass is 265 g/mol. The van der Waals surface area contributed by atoms with E-state index >= 15 is 0 Å². The van der Waals surface area contributed by atoms with Crippen molar-refractivity contribution in [3.8, 4) is 0 Å². The topological polar surface area (TPSA) is 55.4 Å². The van der Waals surface area contributed by atoms with Crippen molar-refractivity contribution >= 4 is 9.84 Å². The SMILES string of the molecule is CCCOCCC(CCCS(C)(=O)=O)NCC. The first-order chi connectivity index (χ1) is 7.99. The Hall–Kier alpha value is -0.130.